The van der Waals surface area contributed by atoms with Crippen molar-refractivity contribution in [2.75, 3.05) is 33.4 Å². The number of hydrogen-bond acceptors (Lipinski definition) is 4. The van der Waals surface area contributed by atoms with E-state index in [9.17, 15) is 4.79 Å². The fourth-order valence-electron chi connectivity index (χ4n) is 3.85. The van der Waals surface area contributed by atoms with Gasteiger partial charge in [0.05, 0.1) is 12.6 Å². The maximum atomic E-state index is 12.7. The summed E-state index contributed by atoms with van der Waals surface area (Å²) < 4.78 is 10.9. The normalized spacial score (nSPS) is 23.0. The van der Waals surface area contributed by atoms with Gasteiger partial charge in [-0.3, -0.25) is 4.90 Å². The second-order valence-corrected chi connectivity index (χ2v) is 9.08. The van der Waals surface area contributed by atoms with Gasteiger partial charge in [-0.25, -0.2) is 4.79 Å². The van der Waals surface area contributed by atoms with Crippen LogP contribution in [0.5, 0.6) is 0 Å². The lowest BCUT2D eigenvalue weighted by Crippen LogP contribution is -2.70. The zero-order valence-electron chi connectivity index (χ0n) is 16.5. The third kappa shape index (κ3) is 5.08. The van der Waals surface area contributed by atoms with Crippen molar-refractivity contribution in [3.8, 4) is 0 Å². The number of nitrogens with zero attached hydrogens (tertiary/aromatic N) is 2. The van der Waals surface area contributed by atoms with E-state index in [1.54, 1.807) is 7.11 Å². The Kier molecular flexibility index (Phi) is 6.14. The Bertz CT molecular complexity index is 407. The van der Waals surface area contributed by atoms with Crippen molar-refractivity contribution in [2.45, 2.75) is 72.6 Å². The highest BCUT2D eigenvalue weighted by molar-refractivity contribution is 5.69. The van der Waals surface area contributed by atoms with Gasteiger partial charge in [-0.2, -0.15) is 0 Å². The van der Waals surface area contributed by atoms with Crippen LogP contribution >= 0.6 is 0 Å². The van der Waals surface area contributed by atoms with Crippen molar-refractivity contribution in [2.24, 2.45) is 5.41 Å². The van der Waals surface area contributed by atoms with Crippen molar-refractivity contribution < 1.29 is 14.3 Å². The van der Waals surface area contributed by atoms with E-state index in [-0.39, 0.29) is 23.1 Å². The molecule has 0 aromatic carbocycles. The van der Waals surface area contributed by atoms with Crippen LogP contribution in [0.25, 0.3) is 0 Å². The van der Waals surface area contributed by atoms with E-state index < -0.39 is 5.60 Å². The minimum Gasteiger partial charge on any atom is -0.444 e. The summed E-state index contributed by atoms with van der Waals surface area (Å²) >= 11 is 0. The molecule has 0 saturated carbocycles. The van der Waals surface area contributed by atoms with Crippen LogP contribution in [0.1, 0.15) is 55.4 Å². The largest absolute Gasteiger partial charge is 0.444 e. The number of carbonyl (C=O) groups excluding carboxylic acids is 1. The summed E-state index contributed by atoms with van der Waals surface area (Å²) in [5.41, 5.74) is -0.672. The molecule has 1 rings (SSSR count). The number of piperazine rings is 1. The molecule has 1 unspecified atom stereocenters. The van der Waals surface area contributed by atoms with Crippen molar-refractivity contribution in [1.29, 1.82) is 0 Å². The van der Waals surface area contributed by atoms with E-state index in [0.717, 1.165) is 13.1 Å². The monoisotopic (exact) mass is 328 g/mol. The SMILES string of the molecule is COCCN1CCN(C(=O)OC(C)(C)C)C(C(C)(C)C)C1(C)C. The highest BCUT2D eigenvalue weighted by Gasteiger charge is 2.50. The van der Waals surface area contributed by atoms with Crippen molar-refractivity contribution >= 4 is 6.09 Å². The molecule has 0 aromatic rings. The Labute approximate surface area is 142 Å². The van der Waals surface area contributed by atoms with Crippen molar-refractivity contribution in [3.63, 3.8) is 0 Å². The molecule has 0 aromatic heterocycles. The molecule has 0 N–H and O–H groups in total. The molecule has 1 heterocycles. The molecule has 1 amide bonds. The molecule has 1 aliphatic heterocycles. The molecule has 1 saturated heterocycles. The Morgan fingerprint density at radius 1 is 1.13 bits per heavy atom. The topological polar surface area (TPSA) is 42.0 Å². The summed E-state index contributed by atoms with van der Waals surface area (Å²) in [5, 5.41) is 0. The molecule has 136 valence electrons. The quantitative estimate of drug-likeness (QED) is 0.796. The first-order chi connectivity index (χ1) is 10.3. The second-order valence-electron chi connectivity index (χ2n) is 9.08. The van der Waals surface area contributed by atoms with Crippen LogP contribution in [0, 0.1) is 5.41 Å². The van der Waals surface area contributed by atoms with Crippen LogP contribution in [-0.2, 0) is 9.47 Å². The minimum atomic E-state index is -0.475. The van der Waals surface area contributed by atoms with Crippen LogP contribution in [0.15, 0.2) is 0 Å². The maximum Gasteiger partial charge on any atom is 0.410 e. The van der Waals surface area contributed by atoms with E-state index >= 15 is 0 Å². The molecule has 0 bridgehead atoms. The minimum absolute atomic E-state index is 0.0495. The predicted octanol–water partition coefficient (Wildman–Crippen LogP) is 3.38. The zero-order valence-corrected chi connectivity index (χ0v) is 16.5. The molecule has 1 aliphatic rings. The molecule has 1 atom stereocenters. The lowest BCUT2D eigenvalue weighted by molar-refractivity contribution is -0.0858. The lowest BCUT2D eigenvalue weighted by Gasteiger charge is -2.57. The van der Waals surface area contributed by atoms with Crippen molar-refractivity contribution in [3.05, 3.63) is 0 Å². The average molecular weight is 328 g/mol. The molecule has 0 aliphatic carbocycles. The van der Waals surface area contributed by atoms with Crippen LogP contribution in [-0.4, -0.2) is 66.4 Å². The fourth-order valence-corrected chi connectivity index (χ4v) is 3.85. The van der Waals surface area contributed by atoms with E-state index in [2.05, 4.69) is 39.5 Å². The van der Waals surface area contributed by atoms with Crippen LogP contribution < -0.4 is 0 Å². The molecule has 23 heavy (non-hydrogen) atoms. The fraction of sp³-hybridized carbons (Fsp3) is 0.944. The Balaban J connectivity index is 3.07. The van der Waals surface area contributed by atoms with Gasteiger partial charge in [-0.15, -0.1) is 0 Å². The summed E-state index contributed by atoms with van der Waals surface area (Å²) in [4.78, 5) is 17.1. The molecule has 0 spiro atoms. The van der Waals surface area contributed by atoms with Gasteiger partial charge < -0.3 is 14.4 Å². The lowest BCUT2D eigenvalue weighted by atomic mass is 9.73. The van der Waals surface area contributed by atoms with Crippen LogP contribution in [0.2, 0.25) is 0 Å². The van der Waals surface area contributed by atoms with Gasteiger partial charge in [0, 0.05) is 32.3 Å². The third-order valence-corrected chi connectivity index (χ3v) is 4.42. The number of methoxy groups -OCH3 is 1. The average Bonchev–Trinajstić information content (AvgIpc) is 2.32. The first-order valence-electron chi connectivity index (χ1n) is 8.54. The Morgan fingerprint density at radius 2 is 1.70 bits per heavy atom. The molecule has 5 nitrogen and oxygen atoms in total. The smallest absolute Gasteiger partial charge is 0.410 e. The van der Waals surface area contributed by atoms with Gasteiger partial charge in [-0.1, -0.05) is 20.8 Å². The van der Waals surface area contributed by atoms with Gasteiger partial charge in [-0.05, 0) is 40.0 Å². The van der Waals surface area contributed by atoms with Crippen LogP contribution in [0.3, 0.4) is 0 Å². The van der Waals surface area contributed by atoms with Gasteiger partial charge in [0.25, 0.3) is 0 Å². The summed E-state index contributed by atoms with van der Waals surface area (Å²) in [7, 11) is 1.73. The summed E-state index contributed by atoms with van der Waals surface area (Å²) in [6, 6.07) is 0.0652. The maximum absolute atomic E-state index is 12.7. The van der Waals surface area contributed by atoms with Gasteiger partial charge in [0.2, 0.25) is 0 Å². The number of carbonyl (C=O) groups is 1. The molecule has 5 heteroatoms. The number of hydrogen-bond donors (Lipinski definition) is 0. The Hall–Kier alpha value is -0.810. The molecule has 0 radical (unpaired) electrons. The second kappa shape index (κ2) is 6.98. The molecular weight excluding hydrogens is 292 g/mol. The first kappa shape index (κ1) is 20.2. The number of amides is 1. The first-order valence-corrected chi connectivity index (χ1v) is 8.54. The van der Waals surface area contributed by atoms with Gasteiger partial charge in [0.1, 0.15) is 5.60 Å². The van der Waals surface area contributed by atoms with Crippen molar-refractivity contribution in [1.82, 2.24) is 9.80 Å². The van der Waals surface area contributed by atoms with Gasteiger partial charge >= 0.3 is 6.09 Å². The Morgan fingerprint density at radius 3 is 2.13 bits per heavy atom. The van der Waals surface area contributed by atoms with E-state index in [0.29, 0.717) is 13.2 Å². The standard InChI is InChI=1S/C18H36N2O3/c1-16(2,3)14-18(7,8)19(12-13-22-9)10-11-20(14)15(21)23-17(4,5)6/h14H,10-13H2,1-9H3. The zero-order chi connectivity index (χ0) is 18.1. The van der Waals surface area contributed by atoms with E-state index in [4.69, 9.17) is 9.47 Å². The van der Waals surface area contributed by atoms with E-state index in [1.807, 2.05) is 25.7 Å². The summed E-state index contributed by atoms with van der Waals surface area (Å²) in [6.45, 7) is 19.8. The number of rotatable bonds is 3. The highest BCUT2D eigenvalue weighted by Crippen LogP contribution is 2.39. The number of ether oxygens (including phenoxy) is 2. The molecular formula is C18H36N2O3. The van der Waals surface area contributed by atoms with Crippen LogP contribution in [0.4, 0.5) is 4.79 Å². The highest BCUT2D eigenvalue weighted by atomic mass is 16.6. The summed E-state index contributed by atoms with van der Waals surface area (Å²) in [6.07, 6.45) is -0.211. The summed E-state index contributed by atoms with van der Waals surface area (Å²) in [5.74, 6) is 0. The third-order valence-electron chi connectivity index (χ3n) is 4.42. The van der Waals surface area contributed by atoms with Gasteiger partial charge in [0.15, 0.2) is 0 Å². The predicted molar refractivity (Wildman–Crippen MR) is 93.7 cm³/mol. The van der Waals surface area contributed by atoms with E-state index in [1.165, 1.54) is 0 Å². The molecule has 1 fully saturated rings.